The second-order valence-corrected chi connectivity index (χ2v) is 7.11. The van der Waals surface area contributed by atoms with Crippen LogP contribution in [0, 0.1) is 5.82 Å². The fourth-order valence-corrected chi connectivity index (χ4v) is 3.61. The van der Waals surface area contributed by atoms with Crippen molar-refractivity contribution in [2.75, 3.05) is 39.3 Å². The van der Waals surface area contributed by atoms with Crippen LogP contribution < -0.4 is 5.32 Å². The number of hydrogen-bond donors (Lipinski definition) is 1. The first-order valence-electron chi connectivity index (χ1n) is 8.42. The lowest BCUT2D eigenvalue weighted by Crippen LogP contribution is -2.52. The van der Waals surface area contributed by atoms with Crippen LogP contribution in [0.15, 0.2) is 18.2 Å². The zero-order valence-corrected chi connectivity index (χ0v) is 15.2. The van der Waals surface area contributed by atoms with Crippen molar-refractivity contribution in [1.82, 2.24) is 15.1 Å². The number of ether oxygens (including phenoxy) is 1. The number of nitrogens with one attached hydrogen (secondary N) is 1. The second kappa shape index (κ2) is 8.43. The Morgan fingerprint density at radius 1 is 1.33 bits per heavy atom. The predicted octanol–water partition coefficient (Wildman–Crippen LogP) is 2.65. The molecule has 2 saturated heterocycles. The number of halogens is 2. The lowest BCUT2D eigenvalue weighted by atomic mass is 10.2. The largest absolute Gasteiger partial charge is 0.376 e. The van der Waals surface area contributed by atoms with Gasteiger partial charge in [-0.15, -0.1) is 0 Å². The van der Waals surface area contributed by atoms with E-state index in [4.69, 9.17) is 28.6 Å². The molecule has 4 nitrogen and oxygen atoms in total. The van der Waals surface area contributed by atoms with E-state index in [2.05, 4.69) is 15.1 Å². The van der Waals surface area contributed by atoms with Gasteiger partial charge >= 0.3 is 0 Å². The van der Waals surface area contributed by atoms with Gasteiger partial charge in [-0.25, -0.2) is 4.39 Å². The first-order valence-corrected chi connectivity index (χ1v) is 9.21. The summed E-state index contributed by atoms with van der Waals surface area (Å²) < 4.78 is 18.7. The number of hydrogen-bond acceptors (Lipinski definition) is 3. The topological polar surface area (TPSA) is 27.7 Å². The van der Waals surface area contributed by atoms with Crippen LogP contribution >= 0.6 is 23.8 Å². The lowest BCUT2D eigenvalue weighted by molar-refractivity contribution is 0.112. The lowest BCUT2D eigenvalue weighted by Gasteiger charge is -2.36. The maximum Gasteiger partial charge on any atom is 0.169 e. The van der Waals surface area contributed by atoms with E-state index in [9.17, 15) is 4.39 Å². The van der Waals surface area contributed by atoms with Crippen LogP contribution in [-0.4, -0.2) is 60.3 Å². The van der Waals surface area contributed by atoms with Gasteiger partial charge in [0.2, 0.25) is 0 Å². The number of piperazine rings is 1. The molecule has 2 aliphatic heterocycles. The highest BCUT2D eigenvalue weighted by Crippen LogP contribution is 2.19. The molecule has 0 aromatic heterocycles. The fourth-order valence-electron chi connectivity index (χ4n) is 3.12. The summed E-state index contributed by atoms with van der Waals surface area (Å²) in [6.07, 6.45) is 2.55. The molecule has 2 aliphatic rings. The molecule has 0 radical (unpaired) electrons. The molecule has 0 spiro atoms. The van der Waals surface area contributed by atoms with E-state index in [0.717, 1.165) is 69.4 Å². The third kappa shape index (κ3) is 4.79. The molecule has 0 bridgehead atoms. The Morgan fingerprint density at radius 2 is 2.12 bits per heavy atom. The molecule has 2 fully saturated rings. The Bertz CT molecular complexity index is 575. The Balaban J connectivity index is 1.42. The third-order valence-electron chi connectivity index (χ3n) is 4.57. The second-order valence-electron chi connectivity index (χ2n) is 6.32. The summed E-state index contributed by atoms with van der Waals surface area (Å²) >= 11 is 11.6. The monoisotopic (exact) mass is 371 g/mol. The summed E-state index contributed by atoms with van der Waals surface area (Å²) in [7, 11) is 0. The van der Waals surface area contributed by atoms with Crippen LogP contribution in [0.25, 0.3) is 0 Å². The predicted molar refractivity (Wildman–Crippen MR) is 97.8 cm³/mol. The van der Waals surface area contributed by atoms with Gasteiger partial charge in [-0.1, -0.05) is 17.7 Å². The molecular formula is C17H23ClFN3OS. The van der Waals surface area contributed by atoms with Gasteiger partial charge in [-0.3, -0.25) is 4.90 Å². The number of rotatable bonds is 4. The molecule has 0 saturated carbocycles. The van der Waals surface area contributed by atoms with Crippen molar-refractivity contribution in [2.24, 2.45) is 0 Å². The molecular weight excluding hydrogens is 349 g/mol. The molecule has 0 aliphatic carbocycles. The van der Waals surface area contributed by atoms with Crippen LogP contribution in [-0.2, 0) is 11.3 Å². The average Bonchev–Trinajstić information content (AvgIpc) is 3.09. The van der Waals surface area contributed by atoms with Gasteiger partial charge in [0.15, 0.2) is 5.11 Å². The van der Waals surface area contributed by atoms with Crippen molar-refractivity contribution in [3.05, 3.63) is 34.6 Å². The summed E-state index contributed by atoms with van der Waals surface area (Å²) in [5.41, 5.74) is 0.964. The molecule has 3 rings (SSSR count). The van der Waals surface area contributed by atoms with E-state index < -0.39 is 0 Å². The molecule has 1 unspecified atom stereocenters. The van der Waals surface area contributed by atoms with E-state index in [1.54, 1.807) is 6.07 Å². The van der Waals surface area contributed by atoms with Gasteiger partial charge in [0.05, 0.1) is 6.10 Å². The molecule has 0 amide bonds. The van der Waals surface area contributed by atoms with Crippen LogP contribution in [0.2, 0.25) is 5.02 Å². The van der Waals surface area contributed by atoms with E-state index in [0.29, 0.717) is 11.1 Å². The molecule has 24 heavy (non-hydrogen) atoms. The van der Waals surface area contributed by atoms with Crippen LogP contribution in [0.1, 0.15) is 18.4 Å². The van der Waals surface area contributed by atoms with Crippen molar-refractivity contribution in [3.63, 3.8) is 0 Å². The highest BCUT2D eigenvalue weighted by molar-refractivity contribution is 7.80. The quantitative estimate of drug-likeness (QED) is 0.821. The number of thiocarbonyl (C=S) groups is 1. The summed E-state index contributed by atoms with van der Waals surface area (Å²) in [5, 5.41) is 4.63. The zero-order chi connectivity index (χ0) is 16.9. The van der Waals surface area contributed by atoms with E-state index in [1.807, 2.05) is 0 Å². The van der Waals surface area contributed by atoms with Crippen molar-refractivity contribution in [2.45, 2.75) is 25.5 Å². The first-order chi connectivity index (χ1) is 11.6. The molecule has 1 aromatic rings. The smallest absolute Gasteiger partial charge is 0.169 e. The van der Waals surface area contributed by atoms with Gasteiger partial charge in [-0.2, -0.15) is 0 Å². The minimum atomic E-state index is -0.295. The van der Waals surface area contributed by atoms with E-state index >= 15 is 0 Å². The number of nitrogens with zero attached hydrogens (tertiary/aromatic N) is 2. The molecule has 7 heteroatoms. The summed E-state index contributed by atoms with van der Waals surface area (Å²) in [6.45, 7) is 5.99. The summed E-state index contributed by atoms with van der Waals surface area (Å²) in [6, 6.07) is 4.59. The number of benzene rings is 1. The summed E-state index contributed by atoms with van der Waals surface area (Å²) in [4.78, 5) is 4.52. The Hall–Kier alpha value is -0.950. The molecule has 2 heterocycles. The zero-order valence-electron chi connectivity index (χ0n) is 13.6. The average molecular weight is 372 g/mol. The van der Waals surface area contributed by atoms with Gasteiger partial charge in [-0.05, 0) is 42.8 Å². The van der Waals surface area contributed by atoms with Gasteiger partial charge in [0.1, 0.15) is 5.82 Å². The minimum absolute atomic E-state index is 0.295. The Kier molecular flexibility index (Phi) is 6.27. The van der Waals surface area contributed by atoms with Crippen LogP contribution in [0.3, 0.4) is 0 Å². The fraction of sp³-hybridized carbons (Fsp3) is 0.588. The third-order valence-corrected chi connectivity index (χ3v) is 5.33. The maximum absolute atomic E-state index is 13.1. The van der Waals surface area contributed by atoms with Crippen molar-refractivity contribution < 1.29 is 9.13 Å². The Morgan fingerprint density at radius 3 is 2.79 bits per heavy atom. The van der Waals surface area contributed by atoms with Crippen molar-refractivity contribution >= 4 is 28.9 Å². The minimum Gasteiger partial charge on any atom is -0.376 e. The standard InChI is InChI=1S/C17H23ClFN3OS/c18-16-10-14(19)4-3-13(16)12-21-5-7-22(8-6-21)17(24)20-11-15-2-1-9-23-15/h3-4,10,15H,1-2,5-9,11-12H2,(H,20,24). The highest BCUT2D eigenvalue weighted by atomic mass is 35.5. The maximum atomic E-state index is 13.1. The van der Waals surface area contributed by atoms with E-state index in [1.165, 1.54) is 12.1 Å². The van der Waals surface area contributed by atoms with E-state index in [-0.39, 0.29) is 5.82 Å². The van der Waals surface area contributed by atoms with Gasteiger partial charge in [0, 0.05) is 50.9 Å². The van der Waals surface area contributed by atoms with Crippen molar-refractivity contribution in [1.29, 1.82) is 0 Å². The first kappa shape index (κ1) is 17.9. The van der Waals surface area contributed by atoms with Gasteiger partial charge < -0.3 is 15.0 Å². The van der Waals surface area contributed by atoms with Crippen molar-refractivity contribution in [3.8, 4) is 0 Å². The van der Waals surface area contributed by atoms with Crippen LogP contribution in [0.5, 0.6) is 0 Å². The SMILES string of the molecule is Fc1ccc(CN2CCN(C(=S)NCC3CCCO3)CC2)c(Cl)c1. The molecule has 1 atom stereocenters. The van der Waals surface area contributed by atoms with Gasteiger partial charge in [0.25, 0.3) is 0 Å². The molecule has 132 valence electrons. The molecule has 1 aromatic carbocycles. The normalized spacial score (nSPS) is 21.9. The molecule has 1 N–H and O–H groups in total. The summed E-state index contributed by atoms with van der Waals surface area (Å²) in [5.74, 6) is -0.295. The highest BCUT2D eigenvalue weighted by Gasteiger charge is 2.21. The van der Waals surface area contributed by atoms with Crippen LogP contribution in [0.4, 0.5) is 4.39 Å². The Labute approximate surface area is 152 Å².